The lowest BCUT2D eigenvalue weighted by molar-refractivity contribution is -0.119. The predicted molar refractivity (Wildman–Crippen MR) is 117 cm³/mol. The molecule has 0 fully saturated rings. The fourth-order valence-electron chi connectivity index (χ4n) is 2.48. The number of hydrogen-bond donors (Lipinski definition) is 1. The summed E-state index contributed by atoms with van der Waals surface area (Å²) in [5.41, 5.74) is 2.72. The number of rotatable bonds is 7. The number of aromatic nitrogens is 1. The van der Waals surface area contributed by atoms with E-state index in [9.17, 15) is 13.2 Å². The van der Waals surface area contributed by atoms with E-state index < -0.39 is 22.5 Å². The minimum absolute atomic E-state index is 0.0369. The molecule has 2 aromatic carbocycles. The van der Waals surface area contributed by atoms with Gasteiger partial charge in [-0.15, -0.1) is 0 Å². The van der Waals surface area contributed by atoms with E-state index in [4.69, 9.17) is 23.2 Å². The molecule has 7 nitrogen and oxygen atoms in total. The lowest BCUT2D eigenvalue weighted by atomic mass is 10.2. The molecular formula is C20H16Cl2N4O3S. The summed E-state index contributed by atoms with van der Waals surface area (Å²) in [6.45, 7) is -0.526. The second-order valence-electron chi connectivity index (χ2n) is 5.94. The molecule has 1 aromatic heterocycles. The number of pyridine rings is 1. The van der Waals surface area contributed by atoms with Gasteiger partial charge in [0.05, 0.1) is 21.2 Å². The summed E-state index contributed by atoms with van der Waals surface area (Å²) in [6, 6.07) is 17.5. The number of carbonyl (C=O) groups excluding carboxylic acids is 1. The van der Waals surface area contributed by atoms with Crippen LogP contribution >= 0.6 is 23.2 Å². The number of amides is 1. The molecule has 0 atom stereocenters. The van der Waals surface area contributed by atoms with Crippen molar-refractivity contribution in [3.8, 4) is 0 Å². The Hall–Kier alpha value is -2.94. The zero-order valence-corrected chi connectivity index (χ0v) is 17.8. The number of carbonyl (C=O) groups is 1. The van der Waals surface area contributed by atoms with Gasteiger partial charge in [0.1, 0.15) is 12.4 Å². The average Bonchev–Trinajstić information content (AvgIpc) is 2.75. The third kappa shape index (κ3) is 5.15. The highest BCUT2D eigenvalue weighted by Crippen LogP contribution is 2.22. The Kier molecular flexibility index (Phi) is 7.04. The van der Waals surface area contributed by atoms with Crippen LogP contribution in [0, 0.1) is 0 Å². The van der Waals surface area contributed by atoms with Crippen molar-refractivity contribution in [3.05, 3.63) is 88.5 Å². The lowest BCUT2D eigenvalue weighted by Gasteiger charge is -2.22. The molecule has 30 heavy (non-hydrogen) atoms. The summed E-state index contributed by atoms with van der Waals surface area (Å²) in [7, 11) is -4.02. The normalized spacial score (nSPS) is 11.4. The molecule has 3 aromatic rings. The minimum atomic E-state index is -4.02. The second-order valence-corrected chi connectivity index (χ2v) is 8.62. The molecule has 0 aliphatic carbocycles. The van der Waals surface area contributed by atoms with Gasteiger partial charge in [-0.2, -0.15) is 5.10 Å². The van der Waals surface area contributed by atoms with Gasteiger partial charge in [0.2, 0.25) is 0 Å². The summed E-state index contributed by atoms with van der Waals surface area (Å²) < 4.78 is 27.1. The topological polar surface area (TPSA) is 91.7 Å². The van der Waals surface area contributed by atoms with Crippen molar-refractivity contribution >= 4 is 51.2 Å². The summed E-state index contributed by atoms with van der Waals surface area (Å²) >= 11 is 12.1. The van der Waals surface area contributed by atoms with Crippen LogP contribution in [0.5, 0.6) is 0 Å². The molecule has 1 N–H and O–H groups in total. The number of sulfonamides is 1. The second kappa shape index (κ2) is 9.71. The molecule has 0 bridgehead atoms. The standard InChI is InChI=1S/C20H16Cl2N4O3S/c21-17-9-6-10-18(22)16(17)13-24-25-20(27)14-26(19-11-4-5-12-23-19)30(28,29)15-7-2-1-3-8-15/h1-13H,14H2,(H,25,27). The SMILES string of the molecule is O=C(CN(c1ccccn1)S(=O)(=O)c1ccccc1)NN=Cc1c(Cl)cccc1Cl. The molecule has 0 saturated heterocycles. The van der Waals surface area contributed by atoms with Crippen molar-refractivity contribution < 1.29 is 13.2 Å². The highest BCUT2D eigenvalue weighted by molar-refractivity contribution is 7.92. The number of hydrogen-bond acceptors (Lipinski definition) is 5. The molecule has 0 radical (unpaired) electrons. The Labute approximate surface area is 184 Å². The van der Waals surface area contributed by atoms with Crippen LogP contribution in [0.25, 0.3) is 0 Å². The van der Waals surface area contributed by atoms with Crippen molar-refractivity contribution in [3.63, 3.8) is 0 Å². The van der Waals surface area contributed by atoms with Gasteiger partial charge in [-0.25, -0.2) is 23.1 Å². The van der Waals surface area contributed by atoms with Gasteiger partial charge < -0.3 is 0 Å². The third-order valence-corrected chi connectivity index (χ3v) is 6.33. The Morgan fingerprint density at radius 2 is 1.67 bits per heavy atom. The van der Waals surface area contributed by atoms with Gasteiger partial charge in [-0.05, 0) is 36.4 Å². The van der Waals surface area contributed by atoms with Crippen LogP contribution in [0.15, 0.2) is 82.9 Å². The number of benzene rings is 2. The fraction of sp³-hybridized carbons (Fsp3) is 0.0500. The van der Waals surface area contributed by atoms with Gasteiger partial charge in [-0.1, -0.05) is 53.5 Å². The molecule has 1 amide bonds. The van der Waals surface area contributed by atoms with Crippen LogP contribution in [0.4, 0.5) is 5.82 Å². The van der Waals surface area contributed by atoms with E-state index in [-0.39, 0.29) is 10.7 Å². The summed E-state index contributed by atoms with van der Waals surface area (Å²) in [5, 5.41) is 4.56. The molecule has 154 valence electrons. The van der Waals surface area contributed by atoms with Crippen molar-refractivity contribution in [1.29, 1.82) is 0 Å². The van der Waals surface area contributed by atoms with Gasteiger partial charge in [0, 0.05) is 11.8 Å². The highest BCUT2D eigenvalue weighted by atomic mass is 35.5. The molecule has 0 aliphatic heterocycles. The van der Waals surface area contributed by atoms with Crippen LogP contribution in [-0.2, 0) is 14.8 Å². The summed E-state index contributed by atoms with van der Waals surface area (Å²) in [4.78, 5) is 16.5. The first kappa shape index (κ1) is 21.8. The van der Waals surface area contributed by atoms with Crippen molar-refractivity contribution in [1.82, 2.24) is 10.4 Å². The minimum Gasteiger partial charge on any atom is -0.271 e. The third-order valence-electron chi connectivity index (χ3n) is 3.91. The van der Waals surface area contributed by atoms with E-state index in [0.29, 0.717) is 15.6 Å². The molecule has 0 spiro atoms. The van der Waals surface area contributed by atoms with E-state index in [0.717, 1.165) is 4.31 Å². The van der Waals surface area contributed by atoms with Crippen molar-refractivity contribution in [2.24, 2.45) is 5.10 Å². The van der Waals surface area contributed by atoms with Gasteiger partial charge >= 0.3 is 0 Å². The molecule has 10 heteroatoms. The summed E-state index contributed by atoms with van der Waals surface area (Å²) in [5.74, 6) is -0.561. The number of nitrogens with one attached hydrogen (secondary N) is 1. The average molecular weight is 463 g/mol. The smallest absolute Gasteiger partial charge is 0.265 e. The Bertz CT molecular complexity index is 1140. The Morgan fingerprint density at radius 1 is 1.00 bits per heavy atom. The quantitative estimate of drug-likeness (QED) is 0.427. The van der Waals surface area contributed by atoms with Crippen LogP contribution in [0.1, 0.15) is 5.56 Å². The zero-order chi connectivity index (χ0) is 21.6. The summed E-state index contributed by atoms with van der Waals surface area (Å²) in [6.07, 6.45) is 2.73. The van der Waals surface area contributed by atoms with Crippen LogP contribution in [0.3, 0.4) is 0 Å². The fourth-order valence-corrected chi connectivity index (χ4v) is 4.37. The van der Waals surface area contributed by atoms with Crippen LogP contribution < -0.4 is 9.73 Å². The maximum absolute atomic E-state index is 13.1. The number of hydrazone groups is 1. The first-order chi connectivity index (χ1) is 14.4. The first-order valence-electron chi connectivity index (χ1n) is 8.64. The monoisotopic (exact) mass is 462 g/mol. The van der Waals surface area contributed by atoms with Crippen molar-refractivity contribution in [2.75, 3.05) is 10.8 Å². The number of halogens is 2. The van der Waals surface area contributed by atoms with E-state index in [2.05, 4.69) is 15.5 Å². The largest absolute Gasteiger partial charge is 0.271 e. The number of nitrogens with zero attached hydrogens (tertiary/aromatic N) is 3. The molecule has 0 aliphatic rings. The molecule has 3 rings (SSSR count). The maximum atomic E-state index is 13.1. The number of anilines is 1. The molecule has 1 heterocycles. The molecule has 0 saturated carbocycles. The van der Waals surface area contributed by atoms with Crippen LogP contribution in [-0.4, -0.2) is 32.1 Å². The molecule has 0 unspecified atom stereocenters. The zero-order valence-electron chi connectivity index (χ0n) is 15.4. The van der Waals surface area contributed by atoms with Gasteiger partial charge in [0.15, 0.2) is 0 Å². The van der Waals surface area contributed by atoms with E-state index >= 15 is 0 Å². The van der Waals surface area contributed by atoms with Crippen molar-refractivity contribution in [2.45, 2.75) is 4.90 Å². The maximum Gasteiger partial charge on any atom is 0.265 e. The Morgan fingerprint density at radius 3 is 2.30 bits per heavy atom. The Balaban J connectivity index is 1.82. The molecular weight excluding hydrogens is 447 g/mol. The predicted octanol–water partition coefficient (Wildman–Crippen LogP) is 3.73. The highest BCUT2D eigenvalue weighted by Gasteiger charge is 2.27. The van der Waals surface area contributed by atoms with E-state index in [1.807, 2.05) is 0 Å². The van der Waals surface area contributed by atoms with Gasteiger partial charge in [0.25, 0.3) is 15.9 Å². The van der Waals surface area contributed by atoms with Crippen LogP contribution in [0.2, 0.25) is 10.0 Å². The van der Waals surface area contributed by atoms with Gasteiger partial charge in [-0.3, -0.25) is 4.79 Å². The first-order valence-corrected chi connectivity index (χ1v) is 10.8. The van der Waals surface area contributed by atoms with E-state index in [1.165, 1.54) is 30.6 Å². The lowest BCUT2D eigenvalue weighted by Crippen LogP contribution is -2.40. The van der Waals surface area contributed by atoms with E-state index in [1.54, 1.807) is 48.5 Å².